The van der Waals surface area contributed by atoms with Gasteiger partial charge in [0.25, 0.3) is 0 Å². The van der Waals surface area contributed by atoms with Gasteiger partial charge in [0.1, 0.15) is 0 Å². The van der Waals surface area contributed by atoms with Crippen molar-refractivity contribution in [3.8, 4) is 0 Å². The second-order valence-corrected chi connectivity index (χ2v) is 7.37. The van der Waals surface area contributed by atoms with Crippen molar-refractivity contribution in [2.75, 3.05) is 0 Å². The lowest BCUT2D eigenvalue weighted by Gasteiger charge is -2.38. The molecule has 2 N–H and O–H groups in total. The molecule has 112 valence electrons. The number of nitrogens with zero attached hydrogens (tertiary/aromatic N) is 1. The van der Waals surface area contributed by atoms with E-state index in [1.54, 1.807) is 0 Å². The van der Waals surface area contributed by atoms with Crippen molar-refractivity contribution in [3.05, 3.63) is 23.9 Å². The third-order valence-electron chi connectivity index (χ3n) is 3.72. The molecule has 2 unspecified atom stereocenters. The third-order valence-corrected chi connectivity index (χ3v) is 5.02. The van der Waals surface area contributed by atoms with Crippen LogP contribution in [0.4, 0.5) is 13.2 Å². The summed E-state index contributed by atoms with van der Waals surface area (Å²) in [5.41, 5.74) is 5.64. The van der Waals surface area contributed by atoms with Crippen LogP contribution >= 0.6 is 11.8 Å². The molecule has 2 nitrogen and oxygen atoms in total. The fourth-order valence-corrected chi connectivity index (χ4v) is 3.86. The van der Waals surface area contributed by atoms with Gasteiger partial charge in [0.15, 0.2) is 0 Å². The molecule has 1 fully saturated rings. The second-order valence-electron chi connectivity index (χ2n) is 6.11. The van der Waals surface area contributed by atoms with Gasteiger partial charge in [0.05, 0.1) is 10.6 Å². The lowest BCUT2D eigenvalue weighted by Crippen LogP contribution is -2.41. The molecule has 1 aliphatic carbocycles. The van der Waals surface area contributed by atoms with E-state index in [1.807, 2.05) is 0 Å². The van der Waals surface area contributed by atoms with Crippen molar-refractivity contribution in [1.29, 1.82) is 0 Å². The Morgan fingerprint density at radius 1 is 1.35 bits per heavy atom. The Labute approximate surface area is 121 Å². The number of rotatable bonds is 2. The second kappa shape index (κ2) is 5.56. The molecule has 1 aromatic heterocycles. The summed E-state index contributed by atoms with van der Waals surface area (Å²) in [5.74, 6) is 0. The maximum atomic E-state index is 12.5. The molecular formula is C14H19F3N2S. The van der Waals surface area contributed by atoms with Gasteiger partial charge in [-0.1, -0.05) is 13.8 Å². The summed E-state index contributed by atoms with van der Waals surface area (Å²) < 4.78 is 37.4. The van der Waals surface area contributed by atoms with Crippen LogP contribution in [0.15, 0.2) is 23.4 Å². The number of halogens is 3. The van der Waals surface area contributed by atoms with Gasteiger partial charge in [0.2, 0.25) is 0 Å². The van der Waals surface area contributed by atoms with Crippen molar-refractivity contribution in [3.63, 3.8) is 0 Å². The maximum absolute atomic E-state index is 12.5. The summed E-state index contributed by atoms with van der Waals surface area (Å²) in [4.78, 5) is 3.91. The molecule has 1 aliphatic rings. The van der Waals surface area contributed by atoms with Gasteiger partial charge in [-0.15, -0.1) is 11.8 Å². The van der Waals surface area contributed by atoms with Crippen LogP contribution in [0.5, 0.6) is 0 Å². The largest absolute Gasteiger partial charge is 0.417 e. The first-order chi connectivity index (χ1) is 9.17. The van der Waals surface area contributed by atoms with E-state index in [-0.39, 0.29) is 16.7 Å². The summed E-state index contributed by atoms with van der Waals surface area (Å²) in [5, 5.41) is 0.819. The van der Waals surface area contributed by atoms with Gasteiger partial charge >= 0.3 is 6.18 Å². The summed E-state index contributed by atoms with van der Waals surface area (Å²) in [6, 6.07) is 2.59. The average Bonchev–Trinajstić information content (AvgIpc) is 2.33. The van der Waals surface area contributed by atoms with Crippen molar-refractivity contribution < 1.29 is 13.2 Å². The monoisotopic (exact) mass is 304 g/mol. The number of aromatic nitrogens is 1. The summed E-state index contributed by atoms with van der Waals surface area (Å²) in [7, 11) is 0. The molecule has 1 heterocycles. The van der Waals surface area contributed by atoms with Gasteiger partial charge in [-0.3, -0.25) is 0 Å². The van der Waals surface area contributed by atoms with Crippen molar-refractivity contribution in [2.24, 2.45) is 11.1 Å². The summed E-state index contributed by atoms with van der Waals surface area (Å²) in [6.45, 7) is 4.40. The maximum Gasteiger partial charge on any atom is 0.417 e. The van der Waals surface area contributed by atoms with Crippen LogP contribution in [0.2, 0.25) is 0 Å². The highest BCUT2D eigenvalue weighted by Gasteiger charge is 2.34. The number of alkyl halides is 3. The van der Waals surface area contributed by atoms with Crippen LogP contribution in [0, 0.1) is 5.41 Å². The van der Waals surface area contributed by atoms with Crippen LogP contribution in [0.1, 0.15) is 38.7 Å². The first kappa shape index (κ1) is 15.6. The molecule has 0 bridgehead atoms. The topological polar surface area (TPSA) is 38.9 Å². The molecule has 6 heteroatoms. The minimum Gasteiger partial charge on any atom is -0.327 e. The van der Waals surface area contributed by atoms with Crippen LogP contribution in [0.25, 0.3) is 0 Å². The molecule has 2 atom stereocenters. The highest BCUT2D eigenvalue weighted by Crippen LogP contribution is 2.41. The molecule has 1 aromatic rings. The van der Waals surface area contributed by atoms with E-state index in [2.05, 4.69) is 18.8 Å². The quantitative estimate of drug-likeness (QED) is 0.894. The molecule has 20 heavy (non-hydrogen) atoms. The Morgan fingerprint density at radius 3 is 2.60 bits per heavy atom. The molecule has 0 aromatic carbocycles. The normalized spacial score (nSPS) is 26.5. The van der Waals surface area contributed by atoms with E-state index < -0.39 is 11.7 Å². The molecule has 0 spiro atoms. The highest BCUT2D eigenvalue weighted by molar-refractivity contribution is 7.99. The molecule has 2 rings (SSSR count). The van der Waals surface area contributed by atoms with Gasteiger partial charge in [-0.25, -0.2) is 4.98 Å². The Morgan fingerprint density at radius 2 is 2.05 bits per heavy atom. The van der Waals surface area contributed by atoms with Crippen LogP contribution in [-0.2, 0) is 6.18 Å². The lowest BCUT2D eigenvalue weighted by molar-refractivity contribution is -0.137. The highest BCUT2D eigenvalue weighted by atomic mass is 32.2. The number of pyridine rings is 1. The van der Waals surface area contributed by atoms with Gasteiger partial charge < -0.3 is 5.73 Å². The van der Waals surface area contributed by atoms with E-state index >= 15 is 0 Å². The first-order valence-electron chi connectivity index (χ1n) is 6.63. The van der Waals surface area contributed by atoms with E-state index in [4.69, 9.17) is 5.73 Å². The van der Waals surface area contributed by atoms with Crippen LogP contribution in [-0.4, -0.2) is 16.3 Å². The SMILES string of the molecule is CC1(C)CCC(N)C(Sc2ccc(C(F)(F)F)cn2)C1. The van der Waals surface area contributed by atoms with Crippen LogP contribution in [0.3, 0.4) is 0 Å². The van der Waals surface area contributed by atoms with Crippen molar-refractivity contribution in [1.82, 2.24) is 4.98 Å². The number of hydrogen-bond donors (Lipinski definition) is 1. The molecule has 0 aliphatic heterocycles. The van der Waals surface area contributed by atoms with E-state index in [9.17, 15) is 13.2 Å². The number of hydrogen-bond acceptors (Lipinski definition) is 3. The Bertz CT molecular complexity index is 456. The summed E-state index contributed by atoms with van der Waals surface area (Å²) in [6.07, 6.45) is -0.445. The molecule has 0 amide bonds. The predicted molar refractivity (Wildman–Crippen MR) is 74.5 cm³/mol. The minimum atomic E-state index is -4.33. The van der Waals surface area contributed by atoms with Crippen molar-refractivity contribution in [2.45, 2.75) is 55.6 Å². The fraction of sp³-hybridized carbons (Fsp3) is 0.643. The smallest absolute Gasteiger partial charge is 0.327 e. The zero-order chi connectivity index (χ0) is 15.0. The average molecular weight is 304 g/mol. The number of nitrogens with two attached hydrogens (primary N) is 1. The Kier molecular flexibility index (Phi) is 4.35. The van der Waals surface area contributed by atoms with E-state index in [1.165, 1.54) is 17.8 Å². The lowest BCUT2D eigenvalue weighted by atomic mass is 9.75. The zero-order valence-corrected chi connectivity index (χ0v) is 12.4. The summed E-state index contributed by atoms with van der Waals surface area (Å²) >= 11 is 1.49. The molecule has 0 radical (unpaired) electrons. The molecular weight excluding hydrogens is 285 g/mol. The van der Waals surface area contributed by atoms with Crippen LogP contribution < -0.4 is 5.73 Å². The van der Waals surface area contributed by atoms with Crippen molar-refractivity contribution >= 4 is 11.8 Å². The molecule has 0 saturated heterocycles. The number of thioether (sulfide) groups is 1. The first-order valence-corrected chi connectivity index (χ1v) is 7.51. The molecule has 1 saturated carbocycles. The third kappa shape index (κ3) is 3.88. The standard InChI is InChI=1S/C14H19F3N2S/c1-13(2)6-5-10(18)11(7-13)20-12-4-3-9(8-19-12)14(15,16)17/h3-4,8,10-11H,5-7,18H2,1-2H3. The van der Waals surface area contributed by atoms with E-state index in [0.29, 0.717) is 5.03 Å². The zero-order valence-electron chi connectivity index (χ0n) is 11.6. The predicted octanol–water partition coefficient (Wildman–Crippen LogP) is 4.10. The Hall–Kier alpha value is -0.750. The Balaban J connectivity index is 2.06. The minimum absolute atomic E-state index is 0.0807. The van der Waals surface area contributed by atoms with Gasteiger partial charge in [-0.2, -0.15) is 13.2 Å². The van der Waals surface area contributed by atoms with E-state index in [0.717, 1.165) is 31.5 Å². The van der Waals surface area contributed by atoms with Gasteiger partial charge in [-0.05, 0) is 36.8 Å². The van der Waals surface area contributed by atoms with Gasteiger partial charge in [0, 0.05) is 17.5 Å². The fourth-order valence-electron chi connectivity index (χ4n) is 2.44.